The van der Waals surface area contributed by atoms with Gasteiger partial charge >= 0.3 is 0 Å². The summed E-state index contributed by atoms with van der Waals surface area (Å²) in [6, 6.07) is 17.8. The Morgan fingerprint density at radius 2 is 1.60 bits per heavy atom. The van der Waals surface area contributed by atoms with Gasteiger partial charge in [-0.2, -0.15) is 0 Å². The summed E-state index contributed by atoms with van der Waals surface area (Å²) in [6.07, 6.45) is 3.82. The van der Waals surface area contributed by atoms with Crippen molar-refractivity contribution in [3.63, 3.8) is 0 Å². The summed E-state index contributed by atoms with van der Waals surface area (Å²) in [5.74, 6) is -0.661. The van der Waals surface area contributed by atoms with Crippen LogP contribution >= 0.6 is 0 Å². The van der Waals surface area contributed by atoms with Crippen molar-refractivity contribution in [2.24, 2.45) is 0 Å². The molecule has 152 valence electrons. The minimum atomic E-state index is -0.521. The van der Waals surface area contributed by atoms with E-state index in [2.05, 4.69) is 10.9 Å². The number of amides is 3. The van der Waals surface area contributed by atoms with Crippen LogP contribution in [0.25, 0.3) is 5.69 Å². The van der Waals surface area contributed by atoms with Crippen LogP contribution in [0.4, 0.5) is 5.69 Å². The smallest absolute Gasteiger partial charge is 0.271 e. The Labute approximate surface area is 173 Å². The SMILES string of the molecule is O=C(CN1C(=O)CCOc2ccccc21)NNC(=O)c1ccccc1-n1cccc1. The lowest BCUT2D eigenvalue weighted by molar-refractivity contribution is -0.124. The maximum atomic E-state index is 12.6. The van der Waals surface area contributed by atoms with Gasteiger partial charge in [-0.1, -0.05) is 24.3 Å². The lowest BCUT2D eigenvalue weighted by Gasteiger charge is -2.21. The molecule has 1 aliphatic rings. The highest BCUT2D eigenvalue weighted by molar-refractivity contribution is 6.02. The van der Waals surface area contributed by atoms with Crippen LogP contribution in [0.1, 0.15) is 16.8 Å². The maximum Gasteiger partial charge on any atom is 0.271 e. The van der Waals surface area contributed by atoms with E-state index in [0.29, 0.717) is 22.7 Å². The largest absolute Gasteiger partial charge is 0.491 e. The lowest BCUT2D eigenvalue weighted by Crippen LogP contribution is -2.48. The molecule has 3 amide bonds. The van der Waals surface area contributed by atoms with Crippen LogP contribution in [0, 0.1) is 0 Å². The molecule has 0 unspecified atom stereocenters. The number of carbonyl (C=O) groups excluding carboxylic acids is 3. The summed E-state index contributed by atoms with van der Waals surface area (Å²) in [5.41, 5.74) is 6.43. The average Bonchev–Trinajstić information content (AvgIpc) is 3.26. The molecule has 0 saturated carbocycles. The van der Waals surface area contributed by atoms with E-state index in [4.69, 9.17) is 4.74 Å². The molecule has 0 radical (unpaired) electrons. The number of hydrogen-bond acceptors (Lipinski definition) is 4. The number of para-hydroxylation sites is 3. The number of ether oxygens (including phenoxy) is 1. The third kappa shape index (κ3) is 4.02. The highest BCUT2D eigenvalue weighted by Crippen LogP contribution is 2.30. The Bertz CT molecular complexity index is 1080. The van der Waals surface area contributed by atoms with Gasteiger partial charge in [-0.05, 0) is 36.4 Å². The number of rotatable bonds is 4. The molecule has 1 aliphatic heterocycles. The Morgan fingerprint density at radius 1 is 0.900 bits per heavy atom. The lowest BCUT2D eigenvalue weighted by atomic mass is 10.1. The van der Waals surface area contributed by atoms with Gasteiger partial charge in [0.2, 0.25) is 5.91 Å². The molecular weight excluding hydrogens is 384 g/mol. The molecule has 2 heterocycles. The van der Waals surface area contributed by atoms with Gasteiger partial charge in [-0.25, -0.2) is 0 Å². The Kier molecular flexibility index (Phi) is 5.47. The van der Waals surface area contributed by atoms with E-state index in [1.807, 2.05) is 41.2 Å². The second-order valence-corrected chi connectivity index (χ2v) is 6.66. The normalized spacial score (nSPS) is 13.1. The highest BCUT2D eigenvalue weighted by atomic mass is 16.5. The van der Waals surface area contributed by atoms with E-state index in [1.54, 1.807) is 36.4 Å². The van der Waals surface area contributed by atoms with E-state index in [9.17, 15) is 14.4 Å². The van der Waals surface area contributed by atoms with Crippen LogP contribution in [-0.4, -0.2) is 35.4 Å². The van der Waals surface area contributed by atoms with Crippen molar-refractivity contribution in [2.45, 2.75) is 6.42 Å². The molecule has 0 fully saturated rings. The van der Waals surface area contributed by atoms with E-state index in [0.717, 1.165) is 0 Å². The van der Waals surface area contributed by atoms with Crippen LogP contribution in [-0.2, 0) is 9.59 Å². The Hall–Kier alpha value is -4.07. The van der Waals surface area contributed by atoms with Crippen LogP contribution in [0.3, 0.4) is 0 Å². The number of nitrogens with zero attached hydrogens (tertiary/aromatic N) is 2. The number of anilines is 1. The first-order chi connectivity index (χ1) is 14.6. The molecule has 0 bridgehead atoms. The second-order valence-electron chi connectivity index (χ2n) is 6.66. The maximum absolute atomic E-state index is 12.6. The predicted molar refractivity (Wildman–Crippen MR) is 110 cm³/mol. The number of carbonyl (C=O) groups is 3. The molecule has 0 spiro atoms. The Morgan fingerprint density at radius 3 is 2.40 bits per heavy atom. The first-order valence-electron chi connectivity index (χ1n) is 9.47. The van der Waals surface area contributed by atoms with Crippen molar-refractivity contribution >= 4 is 23.4 Å². The van der Waals surface area contributed by atoms with E-state index >= 15 is 0 Å². The molecule has 8 heteroatoms. The fourth-order valence-electron chi connectivity index (χ4n) is 3.26. The minimum Gasteiger partial charge on any atom is -0.491 e. The van der Waals surface area contributed by atoms with Gasteiger partial charge in [0, 0.05) is 12.4 Å². The standard InChI is InChI=1S/C22H20N4O4/c27-20(15-26-18-9-3-4-10-19(18)30-14-11-21(26)28)23-24-22(29)16-7-1-2-8-17(16)25-12-5-6-13-25/h1-10,12-13H,11,14-15H2,(H,23,27)(H,24,29). The molecule has 0 aliphatic carbocycles. The van der Waals surface area contributed by atoms with E-state index in [-0.39, 0.29) is 25.5 Å². The molecule has 8 nitrogen and oxygen atoms in total. The monoisotopic (exact) mass is 404 g/mol. The van der Waals surface area contributed by atoms with Gasteiger partial charge in [-0.3, -0.25) is 30.1 Å². The molecule has 2 aromatic carbocycles. The Balaban J connectivity index is 1.44. The molecule has 0 saturated heterocycles. The summed E-state index contributed by atoms with van der Waals surface area (Å²) in [4.78, 5) is 38.9. The van der Waals surface area contributed by atoms with Crippen LogP contribution in [0.5, 0.6) is 5.75 Å². The molecular formula is C22H20N4O4. The van der Waals surface area contributed by atoms with Gasteiger partial charge < -0.3 is 9.30 Å². The first kappa shape index (κ1) is 19.3. The van der Waals surface area contributed by atoms with Crippen molar-refractivity contribution < 1.29 is 19.1 Å². The highest BCUT2D eigenvalue weighted by Gasteiger charge is 2.25. The third-order valence-electron chi connectivity index (χ3n) is 4.68. The van der Waals surface area contributed by atoms with Gasteiger partial charge in [0.15, 0.2) is 0 Å². The number of aromatic nitrogens is 1. The zero-order valence-electron chi connectivity index (χ0n) is 16.1. The van der Waals surface area contributed by atoms with Gasteiger partial charge in [0.05, 0.1) is 30.0 Å². The average molecular weight is 404 g/mol. The second kappa shape index (κ2) is 8.52. The van der Waals surface area contributed by atoms with Gasteiger partial charge in [0.1, 0.15) is 12.3 Å². The van der Waals surface area contributed by atoms with Crippen molar-refractivity contribution in [3.05, 3.63) is 78.6 Å². The van der Waals surface area contributed by atoms with Gasteiger partial charge in [-0.15, -0.1) is 0 Å². The summed E-state index contributed by atoms with van der Waals surface area (Å²) >= 11 is 0. The van der Waals surface area contributed by atoms with Crippen LogP contribution in [0.15, 0.2) is 73.1 Å². The number of nitrogens with one attached hydrogen (secondary N) is 2. The molecule has 2 N–H and O–H groups in total. The molecule has 3 aromatic rings. The van der Waals surface area contributed by atoms with Gasteiger partial charge in [0.25, 0.3) is 11.8 Å². The molecule has 1 aromatic heterocycles. The summed E-state index contributed by atoms with van der Waals surface area (Å²) in [6.45, 7) is 0.0135. The van der Waals surface area contributed by atoms with Crippen molar-refractivity contribution in [1.82, 2.24) is 15.4 Å². The van der Waals surface area contributed by atoms with Crippen molar-refractivity contribution in [3.8, 4) is 11.4 Å². The van der Waals surface area contributed by atoms with E-state index in [1.165, 1.54) is 4.90 Å². The zero-order valence-corrected chi connectivity index (χ0v) is 16.1. The predicted octanol–water partition coefficient (Wildman–Crippen LogP) is 2.05. The number of hydrazine groups is 1. The van der Waals surface area contributed by atoms with Crippen LogP contribution in [0.2, 0.25) is 0 Å². The number of hydrogen-bond donors (Lipinski definition) is 2. The number of benzene rings is 2. The minimum absolute atomic E-state index is 0.165. The number of fused-ring (bicyclic) bond motifs is 1. The fraction of sp³-hybridized carbons (Fsp3) is 0.136. The topological polar surface area (TPSA) is 92.7 Å². The molecule has 4 rings (SSSR count). The summed E-state index contributed by atoms with van der Waals surface area (Å²) in [5, 5.41) is 0. The zero-order chi connectivity index (χ0) is 20.9. The quantitative estimate of drug-likeness (QED) is 0.651. The van der Waals surface area contributed by atoms with Crippen molar-refractivity contribution in [1.29, 1.82) is 0 Å². The summed E-state index contributed by atoms with van der Waals surface area (Å²) in [7, 11) is 0. The third-order valence-corrected chi connectivity index (χ3v) is 4.68. The molecule has 30 heavy (non-hydrogen) atoms. The first-order valence-corrected chi connectivity index (χ1v) is 9.47. The van der Waals surface area contributed by atoms with E-state index < -0.39 is 11.8 Å². The van der Waals surface area contributed by atoms with Crippen molar-refractivity contribution in [2.75, 3.05) is 18.1 Å². The van der Waals surface area contributed by atoms with Crippen LogP contribution < -0.4 is 20.5 Å². The fourth-order valence-corrected chi connectivity index (χ4v) is 3.26. The summed E-state index contributed by atoms with van der Waals surface area (Å²) < 4.78 is 7.38. The molecule has 0 atom stereocenters.